The molecule has 0 radical (unpaired) electrons. The van der Waals surface area contributed by atoms with Crippen molar-refractivity contribution in [3.63, 3.8) is 0 Å². The van der Waals surface area contributed by atoms with Crippen LogP contribution in [0.4, 0.5) is 13.2 Å². The van der Waals surface area contributed by atoms with Gasteiger partial charge in [0.15, 0.2) is 16.3 Å². The fourth-order valence-electron chi connectivity index (χ4n) is 4.91. The molecule has 0 aliphatic rings. The fourth-order valence-corrected chi connectivity index (χ4v) is 4.91. The normalized spacial score (nSPS) is 12.2. The molecular weight excluding hydrogens is 525 g/mol. The topological polar surface area (TPSA) is 66.0 Å². The van der Waals surface area contributed by atoms with Crippen molar-refractivity contribution in [1.29, 1.82) is 0 Å². The van der Waals surface area contributed by atoms with Crippen LogP contribution in [0.1, 0.15) is 38.7 Å². The quantitative estimate of drug-likeness (QED) is 0.0943. The summed E-state index contributed by atoms with van der Waals surface area (Å²) in [6.07, 6.45) is 6.09. The number of hydrogen-bond donors (Lipinski definition) is 0. The zero-order valence-electron chi connectivity index (χ0n) is 22.1. The van der Waals surface area contributed by atoms with Crippen LogP contribution in [-0.4, -0.2) is 23.0 Å². The van der Waals surface area contributed by atoms with Crippen molar-refractivity contribution in [3.05, 3.63) is 78.5 Å². The van der Waals surface area contributed by atoms with Crippen LogP contribution in [0.3, 0.4) is 0 Å². The van der Waals surface area contributed by atoms with Gasteiger partial charge >= 0.3 is 5.51 Å². The molecule has 5 rings (SSSR count). The molecule has 39 heavy (non-hydrogen) atoms. The summed E-state index contributed by atoms with van der Waals surface area (Å²) in [5.41, 5.74) is 0.923. The Labute approximate surface area is 226 Å². The standard InChI is InChI=1S/C29H31N2.CHF3O3S/c1-4-6-10-15-30-20-24-17-26-25-16-21(3)13-14-27(25)31(5-2)29(26)19-23(24)18-28(30)22-11-8-7-9-12-22;2-1(3,4)8(5,6)7/h7-9,11-14,16-20H,4-6,10,15H2,1-3H3;(H,5,6,7)/q+1;/p-1. The van der Waals surface area contributed by atoms with E-state index in [1.54, 1.807) is 0 Å². The van der Waals surface area contributed by atoms with Crippen molar-refractivity contribution >= 4 is 42.7 Å². The molecule has 0 spiro atoms. The highest BCUT2D eigenvalue weighted by molar-refractivity contribution is 7.86. The molecule has 0 fully saturated rings. The summed E-state index contributed by atoms with van der Waals surface area (Å²) >= 11 is 0. The summed E-state index contributed by atoms with van der Waals surface area (Å²) in [4.78, 5) is 0. The molecule has 0 amide bonds. The highest BCUT2D eigenvalue weighted by atomic mass is 32.2. The van der Waals surface area contributed by atoms with Crippen molar-refractivity contribution in [1.82, 2.24) is 4.57 Å². The van der Waals surface area contributed by atoms with E-state index in [2.05, 4.69) is 103 Å². The lowest BCUT2D eigenvalue weighted by Crippen LogP contribution is -2.36. The molecule has 9 heteroatoms. The number of halogens is 3. The molecule has 0 atom stereocenters. The Kier molecular flexibility index (Phi) is 8.32. The second-order valence-electron chi connectivity index (χ2n) is 9.59. The summed E-state index contributed by atoms with van der Waals surface area (Å²) in [5.74, 6) is 0. The molecule has 3 aromatic carbocycles. The van der Waals surface area contributed by atoms with Gasteiger partial charge in [0.2, 0.25) is 5.69 Å². The van der Waals surface area contributed by atoms with Crippen LogP contribution in [-0.2, 0) is 23.2 Å². The third-order valence-corrected chi connectivity index (χ3v) is 7.36. The molecule has 0 bridgehead atoms. The Balaban J connectivity index is 0.000000386. The van der Waals surface area contributed by atoms with Crippen molar-refractivity contribution in [2.75, 3.05) is 0 Å². The number of unbranched alkanes of at least 4 members (excludes halogenated alkanes) is 2. The Morgan fingerprint density at radius 1 is 0.872 bits per heavy atom. The highest BCUT2D eigenvalue weighted by Crippen LogP contribution is 2.33. The number of aryl methyl sites for hydroxylation is 3. The molecule has 0 unspecified atom stereocenters. The van der Waals surface area contributed by atoms with Gasteiger partial charge in [0.1, 0.15) is 6.54 Å². The van der Waals surface area contributed by atoms with E-state index in [1.165, 1.54) is 68.7 Å². The highest BCUT2D eigenvalue weighted by Gasteiger charge is 2.36. The van der Waals surface area contributed by atoms with Crippen LogP contribution in [0.15, 0.2) is 72.9 Å². The van der Waals surface area contributed by atoms with Gasteiger partial charge in [0, 0.05) is 51.8 Å². The molecule has 0 aliphatic heterocycles. The summed E-state index contributed by atoms with van der Waals surface area (Å²) < 4.78 is 63.8. The summed E-state index contributed by atoms with van der Waals surface area (Å²) in [7, 11) is -6.09. The molecule has 206 valence electrons. The fraction of sp³-hybridized carbons (Fsp3) is 0.300. The molecule has 5 nitrogen and oxygen atoms in total. The van der Waals surface area contributed by atoms with E-state index in [0.717, 1.165) is 13.1 Å². The minimum absolute atomic E-state index is 0.976. The van der Waals surface area contributed by atoms with Crippen LogP contribution in [0, 0.1) is 6.92 Å². The van der Waals surface area contributed by atoms with Crippen molar-refractivity contribution in [2.24, 2.45) is 0 Å². The number of pyridine rings is 1. The van der Waals surface area contributed by atoms with E-state index < -0.39 is 15.6 Å². The first kappa shape index (κ1) is 28.6. The maximum absolute atomic E-state index is 10.7. The van der Waals surface area contributed by atoms with Gasteiger partial charge in [-0.15, -0.1) is 0 Å². The van der Waals surface area contributed by atoms with E-state index in [1.807, 2.05) is 0 Å². The van der Waals surface area contributed by atoms with Crippen LogP contribution >= 0.6 is 0 Å². The third-order valence-electron chi connectivity index (χ3n) is 6.79. The number of hydrogen-bond acceptors (Lipinski definition) is 3. The zero-order chi connectivity index (χ0) is 28.4. The second kappa shape index (κ2) is 11.4. The Bertz CT molecular complexity index is 1730. The smallest absolute Gasteiger partial charge is 0.485 e. The van der Waals surface area contributed by atoms with Crippen LogP contribution < -0.4 is 4.57 Å². The van der Waals surface area contributed by atoms with E-state index in [9.17, 15) is 13.2 Å². The van der Waals surface area contributed by atoms with Gasteiger partial charge in [-0.1, -0.05) is 43.2 Å². The minimum atomic E-state index is -6.09. The lowest BCUT2D eigenvalue weighted by Gasteiger charge is -2.08. The predicted octanol–water partition coefficient (Wildman–Crippen LogP) is 7.47. The molecule has 5 aromatic rings. The minimum Gasteiger partial charge on any atom is -0.741 e. The van der Waals surface area contributed by atoms with E-state index in [4.69, 9.17) is 13.0 Å². The number of fused-ring (bicyclic) bond motifs is 4. The van der Waals surface area contributed by atoms with Crippen LogP contribution in [0.5, 0.6) is 0 Å². The van der Waals surface area contributed by atoms with Gasteiger partial charge in [0.05, 0.1) is 0 Å². The number of alkyl halides is 3. The SMILES string of the molecule is CCCCC[n+]1cc2cc3c4cc(C)ccc4n(CC)c3cc2cc1-c1ccccc1.O=S(=O)([O-])C(F)(F)F. The summed E-state index contributed by atoms with van der Waals surface area (Å²) in [6, 6.07) is 24.8. The van der Waals surface area contributed by atoms with Gasteiger partial charge in [-0.3, -0.25) is 0 Å². The van der Waals surface area contributed by atoms with Crippen LogP contribution in [0.2, 0.25) is 0 Å². The monoisotopic (exact) mass is 556 g/mol. The number of nitrogens with zero attached hydrogens (tertiary/aromatic N) is 2. The molecular formula is C30H31F3N2O3S. The molecule has 0 N–H and O–H groups in total. The molecule has 0 saturated heterocycles. The average Bonchev–Trinajstić information content (AvgIpc) is 3.18. The second-order valence-corrected chi connectivity index (χ2v) is 11.0. The van der Waals surface area contributed by atoms with Gasteiger partial charge in [0.25, 0.3) is 0 Å². The lowest BCUT2D eigenvalue weighted by molar-refractivity contribution is -0.685. The van der Waals surface area contributed by atoms with Gasteiger partial charge in [-0.2, -0.15) is 17.7 Å². The van der Waals surface area contributed by atoms with E-state index in [-0.39, 0.29) is 0 Å². The molecule has 0 aliphatic carbocycles. The first-order valence-electron chi connectivity index (χ1n) is 12.9. The third kappa shape index (κ3) is 6.09. The molecule has 2 heterocycles. The average molecular weight is 557 g/mol. The van der Waals surface area contributed by atoms with Gasteiger partial charge in [-0.05, 0) is 62.1 Å². The Morgan fingerprint density at radius 2 is 1.54 bits per heavy atom. The van der Waals surface area contributed by atoms with Gasteiger partial charge < -0.3 is 9.12 Å². The lowest BCUT2D eigenvalue weighted by atomic mass is 10.0. The first-order valence-corrected chi connectivity index (χ1v) is 14.3. The first-order chi connectivity index (χ1) is 18.4. The molecule has 2 aromatic heterocycles. The van der Waals surface area contributed by atoms with Crippen molar-refractivity contribution < 1.29 is 30.7 Å². The molecule has 0 saturated carbocycles. The number of aromatic nitrogens is 2. The summed E-state index contributed by atoms with van der Waals surface area (Å²) in [5, 5.41) is 5.36. The van der Waals surface area contributed by atoms with E-state index in [0.29, 0.717) is 0 Å². The predicted molar refractivity (Wildman–Crippen MR) is 148 cm³/mol. The Morgan fingerprint density at radius 3 is 2.15 bits per heavy atom. The maximum atomic E-state index is 10.7. The number of rotatable bonds is 6. The van der Waals surface area contributed by atoms with E-state index >= 15 is 0 Å². The van der Waals surface area contributed by atoms with Crippen molar-refractivity contribution in [2.45, 2.75) is 58.6 Å². The number of benzene rings is 3. The van der Waals surface area contributed by atoms with Crippen molar-refractivity contribution in [3.8, 4) is 11.3 Å². The van der Waals surface area contributed by atoms with Crippen LogP contribution in [0.25, 0.3) is 43.8 Å². The maximum Gasteiger partial charge on any atom is 0.485 e. The summed E-state index contributed by atoms with van der Waals surface area (Å²) in [6.45, 7) is 8.73. The zero-order valence-corrected chi connectivity index (χ0v) is 22.9. The largest absolute Gasteiger partial charge is 0.741 e. The van der Waals surface area contributed by atoms with Gasteiger partial charge in [-0.25, -0.2) is 8.42 Å². The Hall–Kier alpha value is -3.43.